The fraction of sp³-hybridized carbons (Fsp3) is 0.400. The molecule has 3 amide bonds. The van der Waals surface area contributed by atoms with E-state index in [2.05, 4.69) is 0 Å². The second-order valence-electron chi connectivity index (χ2n) is 8.89. The van der Waals surface area contributed by atoms with Crippen LogP contribution in [0.3, 0.4) is 0 Å². The quantitative estimate of drug-likeness (QED) is 0.767. The maximum Gasteiger partial charge on any atom is 0.232 e. The van der Waals surface area contributed by atoms with Gasteiger partial charge in [0.15, 0.2) is 0 Å². The van der Waals surface area contributed by atoms with Gasteiger partial charge in [0.05, 0.1) is 23.8 Å². The van der Waals surface area contributed by atoms with Gasteiger partial charge in [-0.25, -0.2) is 0 Å². The van der Waals surface area contributed by atoms with Crippen molar-refractivity contribution in [2.24, 2.45) is 5.92 Å². The number of rotatable bonds is 4. The Bertz CT molecular complexity index is 1020. The number of carbonyl (C=O) groups excluding carboxylic acids is 3. The third kappa shape index (κ3) is 3.71. The average Bonchev–Trinajstić information content (AvgIpc) is 3.55. The fourth-order valence-corrected chi connectivity index (χ4v) is 4.83. The predicted molar refractivity (Wildman–Crippen MR) is 118 cm³/mol. The van der Waals surface area contributed by atoms with Crippen LogP contribution in [0.1, 0.15) is 38.2 Å². The summed E-state index contributed by atoms with van der Waals surface area (Å²) in [6, 6.07) is 17.6. The van der Waals surface area contributed by atoms with Crippen LogP contribution in [0.15, 0.2) is 54.6 Å². The lowest BCUT2D eigenvalue weighted by molar-refractivity contribution is -0.129. The van der Waals surface area contributed by atoms with Crippen LogP contribution in [-0.4, -0.2) is 41.2 Å². The molecular weight excluding hydrogens is 390 g/mol. The maximum atomic E-state index is 13.6. The maximum absolute atomic E-state index is 13.6. The molecule has 0 radical (unpaired) electrons. The summed E-state index contributed by atoms with van der Waals surface area (Å²) in [5.41, 5.74) is 2.54. The highest BCUT2D eigenvalue weighted by atomic mass is 16.2. The van der Waals surface area contributed by atoms with Gasteiger partial charge in [0.2, 0.25) is 17.7 Å². The molecule has 0 spiro atoms. The van der Waals surface area contributed by atoms with Crippen molar-refractivity contribution in [1.29, 1.82) is 0 Å². The lowest BCUT2D eigenvalue weighted by Crippen LogP contribution is -2.43. The summed E-state index contributed by atoms with van der Waals surface area (Å²) in [5.74, 6) is -0.315. The second kappa shape index (κ2) is 7.84. The van der Waals surface area contributed by atoms with Crippen LogP contribution in [0.25, 0.3) is 0 Å². The largest absolute Gasteiger partial charge is 0.339 e. The lowest BCUT2D eigenvalue weighted by atomic mass is 10.0. The van der Waals surface area contributed by atoms with E-state index in [1.165, 1.54) is 0 Å². The number of anilines is 2. The van der Waals surface area contributed by atoms with Gasteiger partial charge in [-0.05, 0) is 37.5 Å². The predicted octanol–water partition coefficient (Wildman–Crippen LogP) is 3.36. The molecule has 0 bridgehead atoms. The lowest BCUT2D eigenvalue weighted by Gasteiger charge is -2.30. The van der Waals surface area contributed by atoms with Gasteiger partial charge in [0.1, 0.15) is 0 Å². The molecule has 2 aliphatic heterocycles. The first-order valence-electron chi connectivity index (χ1n) is 11.1. The van der Waals surface area contributed by atoms with E-state index in [9.17, 15) is 14.4 Å². The number of likely N-dealkylation sites (tertiary alicyclic amines) is 1. The molecule has 2 heterocycles. The van der Waals surface area contributed by atoms with Crippen LogP contribution in [0, 0.1) is 5.92 Å². The van der Waals surface area contributed by atoms with Crippen molar-refractivity contribution in [2.75, 3.05) is 16.3 Å². The van der Waals surface area contributed by atoms with Gasteiger partial charge in [-0.15, -0.1) is 0 Å². The number of amides is 3. The highest BCUT2D eigenvalue weighted by Gasteiger charge is 2.45. The van der Waals surface area contributed by atoms with Crippen molar-refractivity contribution in [3.05, 3.63) is 60.2 Å². The zero-order chi connectivity index (χ0) is 21.5. The molecule has 160 valence electrons. The Kier molecular flexibility index (Phi) is 5.00. The van der Waals surface area contributed by atoms with Crippen LogP contribution in [0.5, 0.6) is 0 Å². The molecule has 2 fully saturated rings. The first kappa shape index (κ1) is 19.8. The molecule has 5 rings (SSSR count). The van der Waals surface area contributed by atoms with Crippen molar-refractivity contribution >= 4 is 29.1 Å². The van der Waals surface area contributed by atoms with Crippen LogP contribution >= 0.6 is 0 Å². The van der Waals surface area contributed by atoms with Gasteiger partial charge < -0.3 is 14.7 Å². The van der Waals surface area contributed by atoms with E-state index in [0.717, 1.165) is 29.8 Å². The summed E-state index contributed by atoms with van der Waals surface area (Å²) in [4.78, 5) is 44.7. The Hall–Kier alpha value is -3.15. The van der Waals surface area contributed by atoms with E-state index >= 15 is 0 Å². The Morgan fingerprint density at radius 2 is 1.58 bits per heavy atom. The van der Waals surface area contributed by atoms with E-state index in [4.69, 9.17) is 0 Å². The standard InChI is InChI=1S/C25H27N3O3/c1-17-13-23(29)27(15-18-7-3-2-4-8-18)21-9-5-6-10-22(21)28(17)25(31)19-14-24(30)26(16-19)20-11-12-20/h2-10,17,19-20H,11-16H2,1H3/t17-,19-/m0/s1. The molecule has 1 saturated carbocycles. The number of hydrogen-bond donors (Lipinski definition) is 0. The SMILES string of the molecule is C[C@H]1CC(=O)N(Cc2ccccc2)c2ccccc2N1C(=O)[C@H]1CC(=O)N(C2CC2)C1. The smallest absolute Gasteiger partial charge is 0.232 e. The molecule has 1 saturated heterocycles. The summed E-state index contributed by atoms with van der Waals surface area (Å²) >= 11 is 0. The molecule has 1 aliphatic carbocycles. The van der Waals surface area contributed by atoms with E-state index in [-0.39, 0.29) is 42.5 Å². The highest BCUT2D eigenvalue weighted by Crippen LogP contribution is 2.39. The number of carbonyl (C=O) groups is 3. The fourth-order valence-electron chi connectivity index (χ4n) is 4.83. The van der Waals surface area contributed by atoms with Crippen LogP contribution in [-0.2, 0) is 20.9 Å². The minimum Gasteiger partial charge on any atom is -0.339 e. The first-order chi connectivity index (χ1) is 15.0. The van der Waals surface area contributed by atoms with Crippen LogP contribution in [0.4, 0.5) is 11.4 Å². The minimum absolute atomic E-state index is 0.00112. The molecule has 0 unspecified atom stereocenters. The van der Waals surface area contributed by atoms with E-state index < -0.39 is 0 Å². The van der Waals surface area contributed by atoms with Gasteiger partial charge >= 0.3 is 0 Å². The Labute approximate surface area is 182 Å². The summed E-state index contributed by atoms with van der Waals surface area (Å²) in [6.45, 7) is 2.88. The molecular formula is C25H27N3O3. The number of nitrogens with zero attached hydrogens (tertiary/aromatic N) is 3. The molecule has 0 aromatic heterocycles. The molecule has 2 aromatic carbocycles. The normalized spacial score (nSPS) is 23.7. The zero-order valence-electron chi connectivity index (χ0n) is 17.7. The number of para-hydroxylation sites is 2. The van der Waals surface area contributed by atoms with E-state index in [1.807, 2.05) is 66.4 Å². The Morgan fingerprint density at radius 1 is 0.903 bits per heavy atom. The molecule has 2 atom stereocenters. The van der Waals surface area contributed by atoms with Crippen LogP contribution < -0.4 is 9.80 Å². The number of benzene rings is 2. The average molecular weight is 418 g/mol. The van der Waals surface area contributed by atoms with Crippen molar-refractivity contribution in [1.82, 2.24) is 4.90 Å². The Balaban J connectivity index is 1.47. The highest BCUT2D eigenvalue weighted by molar-refractivity contribution is 6.07. The van der Waals surface area contributed by atoms with Gasteiger partial charge in [0, 0.05) is 31.5 Å². The van der Waals surface area contributed by atoms with E-state index in [0.29, 0.717) is 19.1 Å². The summed E-state index contributed by atoms with van der Waals surface area (Å²) < 4.78 is 0. The Morgan fingerprint density at radius 3 is 2.29 bits per heavy atom. The molecule has 6 nitrogen and oxygen atoms in total. The molecule has 0 N–H and O–H groups in total. The first-order valence-corrected chi connectivity index (χ1v) is 11.1. The van der Waals surface area contributed by atoms with Crippen molar-refractivity contribution in [3.63, 3.8) is 0 Å². The number of hydrogen-bond acceptors (Lipinski definition) is 3. The zero-order valence-corrected chi connectivity index (χ0v) is 17.7. The topological polar surface area (TPSA) is 60.9 Å². The summed E-state index contributed by atoms with van der Waals surface area (Å²) in [5, 5.41) is 0. The van der Waals surface area contributed by atoms with Gasteiger partial charge in [-0.2, -0.15) is 0 Å². The third-order valence-corrected chi connectivity index (χ3v) is 6.56. The molecule has 6 heteroatoms. The summed E-state index contributed by atoms with van der Waals surface area (Å²) in [7, 11) is 0. The van der Waals surface area contributed by atoms with Crippen molar-refractivity contribution < 1.29 is 14.4 Å². The van der Waals surface area contributed by atoms with Crippen molar-refractivity contribution in [2.45, 2.75) is 51.2 Å². The van der Waals surface area contributed by atoms with Crippen molar-refractivity contribution in [3.8, 4) is 0 Å². The molecule has 31 heavy (non-hydrogen) atoms. The second-order valence-corrected chi connectivity index (χ2v) is 8.89. The third-order valence-electron chi connectivity index (χ3n) is 6.56. The van der Waals surface area contributed by atoms with E-state index in [1.54, 1.807) is 9.80 Å². The van der Waals surface area contributed by atoms with Gasteiger partial charge in [-0.1, -0.05) is 42.5 Å². The summed E-state index contributed by atoms with van der Waals surface area (Å²) in [6.07, 6.45) is 2.60. The molecule has 3 aliphatic rings. The van der Waals surface area contributed by atoms with Gasteiger partial charge in [-0.3, -0.25) is 14.4 Å². The monoisotopic (exact) mass is 417 g/mol. The van der Waals surface area contributed by atoms with Gasteiger partial charge in [0.25, 0.3) is 0 Å². The minimum atomic E-state index is -0.348. The molecule has 2 aromatic rings. The number of fused-ring (bicyclic) bond motifs is 1. The van der Waals surface area contributed by atoms with Crippen LogP contribution in [0.2, 0.25) is 0 Å².